The Hall–Kier alpha value is -4.22. The number of piperazine rings is 1. The number of anilines is 2. The molecule has 12 heteroatoms. The number of hydrogen-bond acceptors (Lipinski definition) is 6. The van der Waals surface area contributed by atoms with Gasteiger partial charge in [-0.05, 0) is 54.5 Å². The van der Waals surface area contributed by atoms with E-state index in [1.54, 1.807) is 28.9 Å². The fourth-order valence-corrected chi connectivity index (χ4v) is 5.45. The molecular formula is C29H35F2N7O3. The van der Waals surface area contributed by atoms with Gasteiger partial charge in [-0.25, -0.2) is 18.6 Å². The summed E-state index contributed by atoms with van der Waals surface area (Å²) in [6, 6.07) is 2.06. The van der Waals surface area contributed by atoms with Crippen molar-refractivity contribution < 1.29 is 23.1 Å². The van der Waals surface area contributed by atoms with Crippen molar-refractivity contribution in [3.63, 3.8) is 0 Å². The first-order valence-corrected chi connectivity index (χ1v) is 13.7. The van der Waals surface area contributed by atoms with Crippen LogP contribution in [0.3, 0.4) is 0 Å². The van der Waals surface area contributed by atoms with E-state index in [-0.39, 0.29) is 40.6 Å². The van der Waals surface area contributed by atoms with Crippen molar-refractivity contribution >= 4 is 39.9 Å². The lowest BCUT2D eigenvalue weighted by molar-refractivity contribution is 0.00566. The zero-order valence-electron chi connectivity index (χ0n) is 24.3. The number of benzene rings is 1. The zero-order valence-corrected chi connectivity index (χ0v) is 24.3. The lowest BCUT2D eigenvalue weighted by Crippen LogP contribution is -2.59. The lowest BCUT2D eigenvalue weighted by atomic mass is 10.0. The van der Waals surface area contributed by atoms with Crippen LogP contribution < -0.4 is 10.2 Å². The van der Waals surface area contributed by atoms with Crippen LogP contribution in [0, 0.1) is 18.6 Å². The minimum absolute atomic E-state index is 0.135. The highest BCUT2D eigenvalue weighted by atomic mass is 19.1. The first-order valence-electron chi connectivity index (χ1n) is 13.7. The summed E-state index contributed by atoms with van der Waals surface area (Å²) in [5, 5.41) is 7.75. The molecule has 5 rings (SSSR count). The molecule has 3 aromatic heterocycles. The number of carbonyl (C=O) groups excluding carboxylic acids is 2. The number of ether oxygens (including phenoxy) is 1. The largest absolute Gasteiger partial charge is 0.444 e. The van der Waals surface area contributed by atoms with Gasteiger partial charge in [0.1, 0.15) is 22.5 Å². The van der Waals surface area contributed by atoms with E-state index >= 15 is 4.39 Å². The van der Waals surface area contributed by atoms with Crippen molar-refractivity contribution in [2.24, 2.45) is 0 Å². The van der Waals surface area contributed by atoms with Crippen LogP contribution in [0.4, 0.5) is 25.0 Å². The number of halogens is 2. The molecule has 0 unspecified atom stereocenters. The molecule has 4 aromatic rings. The van der Waals surface area contributed by atoms with Crippen molar-refractivity contribution in [1.82, 2.24) is 24.1 Å². The number of aromatic nitrogens is 4. The van der Waals surface area contributed by atoms with Gasteiger partial charge in [0.2, 0.25) is 0 Å². The fourth-order valence-electron chi connectivity index (χ4n) is 5.45. The van der Waals surface area contributed by atoms with Crippen molar-refractivity contribution in [1.29, 1.82) is 0 Å². The summed E-state index contributed by atoms with van der Waals surface area (Å²) in [7, 11) is 0. The minimum Gasteiger partial charge on any atom is -0.444 e. The van der Waals surface area contributed by atoms with Gasteiger partial charge in [0.15, 0.2) is 11.5 Å². The molecule has 2 amide bonds. The number of nitrogens with zero attached hydrogens (tertiary/aromatic N) is 6. The Morgan fingerprint density at radius 2 is 1.76 bits per heavy atom. The smallest absolute Gasteiger partial charge is 0.410 e. The van der Waals surface area contributed by atoms with Crippen LogP contribution in [0.1, 0.15) is 57.6 Å². The molecule has 1 aliphatic heterocycles. The number of amides is 2. The maximum absolute atomic E-state index is 15.8. The Morgan fingerprint density at radius 1 is 1.07 bits per heavy atom. The van der Waals surface area contributed by atoms with E-state index in [0.29, 0.717) is 36.4 Å². The molecule has 1 saturated heterocycles. The first kappa shape index (κ1) is 28.3. The van der Waals surface area contributed by atoms with Crippen molar-refractivity contribution in [2.75, 3.05) is 23.3 Å². The van der Waals surface area contributed by atoms with Gasteiger partial charge in [0, 0.05) is 49.7 Å². The van der Waals surface area contributed by atoms with Crippen molar-refractivity contribution in [3.05, 3.63) is 53.6 Å². The number of hydrogen-bond donors (Lipinski definition) is 1. The highest BCUT2D eigenvalue weighted by molar-refractivity contribution is 6.14. The SMILES string of the molecule is CCn1cc2c(N3C[C@@H](C)N(C(=O)OC(C)(C)C)[C@@H](C)C3)cc(F)c(C(=O)Nc3cc(F)c4nc(C)cn4c3)c2n1. The molecule has 0 saturated carbocycles. The highest BCUT2D eigenvalue weighted by Crippen LogP contribution is 2.34. The van der Waals surface area contributed by atoms with Crippen LogP contribution in [0.15, 0.2) is 30.7 Å². The third kappa shape index (κ3) is 5.42. The molecule has 41 heavy (non-hydrogen) atoms. The minimum atomic E-state index is -0.749. The van der Waals surface area contributed by atoms with E-state index in [9.17, 15) is 14.0 Å². The molecule has 2 atom stereocenters. The second-order valence-corrected chi connectivity index (χ2v) is 11.6. The first-order chi connectivity index (χ1) is 19.3. The monoisotopic (exact) mass is 567 g/mol. The molecule has 0 radical (unpaired) electrons. The van der Waals surface area contributed by atoms with E-state index in [1.165, 1.54) is 16.7 Å². The number of nitrogens with one attached hydrogen (secondary N) is 1. The third-order valence-electron chi connectivity index (χ3n) is 7.08. The average Bonchev–Trinajstić information content (AvgIpc) is 3.45. The molecule has 218 valence electrons. The molecule has 1 fully saturated rings. The second kappa shape index (κ2) is 10.3. The molecule has 10 nitrogen and oxygen atoms in total. The van der Waals surface area contributed by atoms with E-state index in [2.05, 4.69) is 15.4 Å². The molecule has 0 aliphatic carbocycles. The normalized spacial score (nSPS) is 17.9. The maximum Gasteiger partial charge on any atom is 0.410 e. The number of carbonyl (C=O) groups is 2. The quantitative estimate of drug-likeness (QED) is 0.356. The van der Waals surface area contributed by atoms with E-state index in [0.717, 1.165) is 6.07 Å². The molecule has 0 spiro atoms. The molecule has 1 N–H and O–H groups in total. The second-order valence-electron chi connectivity index (χ2n) is 11.6. The van der Waals surface area contributed by atoms with Gasteiger partial charge in [-0.15, -0.1) is 0 Å². The number of imidazole rings is 1. The lowest BCUT2D eigenvalue weighted by Gasteiger charge is -2.45. The number of pyridine rings is 1. The summed E-state index contributed by atoms with van der Waals surface area (Å²) in [4.78, 5) is 34.1. The number of fused-ring (bicyclic) bond motifs is 2. The predicted molar refractivity (Wildman–Crippen MR) is 152 cm³/mol. The van der Waals surface area contributed by atoms with Crippen LogP contribution in [0.2, 0.25) is 0 Å². The Morgan fingerprint density at radius 3 is 2.39 bits per heavy atom. The Bertz CT molecular complexity index is 1640. The molecule has 1 aromatic carbocycles. The Labute approximate surface area is 236 Å². The van der Waals surface area contributed by atoms with Crippen LogP contribution >= 0.6 is 0 Å². The molecule has 1 aliphatic rings. The summed E-state index contributed by atoms with van der Waals surface area (Å²) in [6.07, 6.45) is 4.56. The van der Waals surface area contributed by atoms with Gasteiger partial charge < -0.3 is 19.4 Å². The molecule has 0 bridgehead atoms. The fraction of sp³-hybridized carbons (Fsp3) is 0.448. The van der Waals surface area contributed by atoms with Crippen LogP contribution in [0.5, 0.6) is 0 Å². The van der Waals surface area contributed by atoms with E-state index in [4.69, 9.17) is 4.74 Å². The number of aryl methyl sites for hydroxylation is 2. The van der Waals surface area contributed by atoms with Gasteiger partial charge in [-0.2, -0.15) is 5.10 Å². The molecule has 4 heterocycles. The van der Waals surface area contributed by atoms with Crippen LogP contribution in [-0.4, -0.2) is 66.8 Å². The summed E-state index contributed by atoms with van der Waals surface area (Å²) in [6.45, 7) is 14.3. The summed E-state index contributed by atoms with van der Waals surface area (Å²) >= 11 is 0. The average molecular weight is 568 g/mol. The van der Waals surface area contributed by atoms with Gasteiger partial charge in [-0.3, -0.25) is 14.4 Å². The highest BCUT2D eigenvalue weighted by Gasteiger charge is 2.37. The van der Waals surface area contributed by atoms with Gasteiger partial charge in [0.25, 0.3) is 5.91 Å². The zero-order chi connectivity index (χ0) is 29.8. The van der Waals surface area contributed by atoms with E-state index in [1.807, 2.05) is 46.4 Å². The Kier molecular flexibility index (Phi) is 7.12. The van der Waals surface area contributed by atoms with Crippen LogP contribution in [0.25, 0.3) is 16.6 Å². The summed E-state index contributed by atoms with van der Waals surface area (Å²) in [5.74, 6) is -2.10. The van der Waals surface area contributed by atoms with Crippen molar-refractivity contribution in [2.45, 2.75) is 72.7 Å². The number of rotatable bonds is 4. The van der Waals surface area contributed by atoms with Crippen molar-refractivity contribution in [3.8, 4) is 0 Å². The maximum atomic E-state index is 15.8. The predicted octanol–water partition coefficient (Wildman–Crippen LogP) is 5.38. The Balaban J connectivity index is 1.48. The van der Waals surface area contributed by atoms with Gasteiger partial charge in [0.05, 0.1) is 29.2 Å². The molecular weight excluding hydrogens is 532 g/mol. The van der Waals surface area contributed by atoms with Gasteiger partial charge >= 0.3 is 6.09 Å². The standard InChI is InChI=1S/C29H35F2N7O3/c1-8-37-15-20-23(35-12-17(3)38(18(4)13-35)28(40)41-29(5,6)7)10-21(30)24(25(20)34-37)27(39)33-19-9-22(31)26-32-16(2)11-36(26)14-19/h9-11,14-15,17-18H,8,12-13H2,1-7H3,(H,33,39)/t17-,18+. The van der Waals surface area contributed by atoms with Gasteiger partial charge in [-0.1, -0.05) is 0 Å². The summed E-state index contributed by atoms with van der Waals surface area (Å²) in [5.41, 5.74) is 0.846. The van der Waals surface area contributed by atoms with Crippen LogP contribution in [-0.2, 0) is 11.3 Å². The topological polar surface area (TPSA) is 97.0 Å². The van der Waals surface area contributed by atoms with E-state index < -0.39 is 23.1 Å². The summed E-state index contributed by atoms with van der Waals surface area (Å²) < 4.78 is 39.2. The third-order valence-corrected chi connectivity index (χ3v) is 7.08.